The highest BCUT2D eigenvalue weighted by Crippen LogP contribution is 2.21. The third kappa shape index (κ3) is 2.46. The summed E-state index contributed by atoms with van der Waals surface area (Å²) in [6.45, 7) is 9.61. The average molecular weight is 184 g/mol. The number of allylic oxidation sites excluding steroid dienone is 4. The summed E-state index contributed by atoms with van der Waals surface area (Å²) in [6.07, 6.45) is 6.67. The second kappa shape index (κ2) is 5.23. The molecule has 0 fully saturated rings. The summed E-state index contributed by atoms with van der Waals surface area (Å²) >= 11 is 0. The maximum Gasteiger partial charge on any atom is -0.00941 e. The van der Waals surface area contributed by atoms with Crippen LogP contribution in [-0.4, -0.2) is 0 Å². The van der Waals surface area contributed by atoms with Gasteiger partial charge in [0, 0.05) is 0 Å². The number of benzene rings is 1. The third-order valence-electron chi connectivity index (χ3n) is 2.17. The minimum atomic E-state index is 0.886. The van der Waals surface area contributed by atoms with Crippen LogP contribution < -0.4 is 0 Å². The Morgan fingerprint density at radius 2 is 2.00 bits per heavy atom. The minimum Gasteiger partial charge on any atom is -0.103 e. The number of hydrogen-bond acceptors (Lipinski definition) is 0. The van der Waals surface area contributed by atoms with Crippen LogP contribution in [0.3, 0.4) is 0 Å². The van der Waals surface area contributed by atoms with Crippen molar-refractivity contribution in [1.29, 1.82) is 0 Å². The summed E-state index contributed by atoms with van der Waals surface area (Å²) in [4.78, 5) is 0. The molecule has 1 aromatic rings. The van der Waals surface area contributed by atoms with Gasteiger partial charge in [-0.15, -0.1) is 6.58 Å². The van der Waals surface area contributed by atoms with Crippen LogP contribution in [0.4, 0.5) is 0 Å². The molecule has 1 rings (SSSR count). The molecular formula is C14H16. The van der Waals surface area contributed by atoms with Crippen LogP contribution >= 0.6 is 0 Å². The topological polar surface area (TPSA) is 0 Å². The lowest BCUT2D eigenvalue weighted by Crippen LogP contribution is -1.87. The molecule has 0 bridgehead atoms. The Balaban J connectivity index is 3.11. The SMILES string of the molecule is C=C/C=C(/CC=C)c1ccccc1C. The zero-order chi connectivity index (χ0) is 10.4. The summed E-state index contributed by atoms with van der Waals surface area (Å²) in [6, 6.07) is 8.37. The van der Waals surface area contributed by atoms with Crippen molar-refractivity contribution >= 4 is 5.57 Å². The molecule has 0 aliphatic carbocycles. The lowest BCUT2D eigenvalue weighted by molar-refractivity contribution is 1.34. The van der Waals surface area contributed by atoms with Crippen molar-refractivity contribution in [2.45, 2.75) is 13.3 Å². The molecule has 0 spiro atoms. The lowest BCUT2D eigenvalue weighted by atomic mass is 9.98. The van der Waals surface area contributed by atoms with Gasteiger partial charge in [-0.25, -0.2) is 0 Å². The van der Waals surface area contributed by atoms with E-state index < -0.39 is 0 Å². The highest BCUT2D eigenvalue weighted by Gasteiger charge is 2.00. The summed E-state index contributed by atoms with van der Waals surface area (Å²) < 4.78 is 0. The summed E-state index contributed by atoms with van der Waals surface area (Å²) in [7, 11) is 0. The van der Waals surface area contributed by atoms with Crippen LogP contribution in [0, 0.1) is 6.92 Å². The number of hydrogen-bond donors (Lipinski definition) is 0. The zero-order valence-corrected chi connectivity index (χ0v) is 8.66. The van der Waals surface area contributed by atoms with Gasteiger partial charge in [0.1, 0.15) is 0 Å². The van der Waals surface area contributed by atoms with E-state index in [0.29, 0.717) is 0 Å². The molecule has 72 valence electrons. The molecule has 1 aromatic carbocycles. The highest BCUT2D eigenvalue weighted by molar-refractivity contribution is 5.70. The van der Waals surface area contributed by atoms with Crippen molar-refractivity contribution in [3.05, 3.63) is 66.8 Å². The van der Waals surface area contributed by atoms with E-state index in [0.717, 1.165) is 6.42 Å². The van der Waals surface area contributed by atoms with E-state index in [1.165, 1.54) is 16.7 Å². The van der Waals surface area contributed by atoms with Gasteiger partial charge in [0.15, 0.2) is 0 Å². The van der Waals surface area contributed by atoms with Crippen molar-refractivity contribution in [2.75, 3.05) is 0 Å². The smallest absolute Gasteiger partial charge is 0.00941 e. The van der Waals surface area contributed by atoms with Gasteiger partial charge in [-0.2, -0.15) is 0 Å². The molecule has 0 amide bonds. The Hall–Kier alpha value is -1.56. The van der Waals surface area contributed by atoms with E-state index in [1.54, 1.807) is 0 Å². The van der Waals surface area contributed by atoms with Gasteiger partial charge in [0.2, 0.25) is 0 Å². The molecule has 0 saturated heterocycles. The van der Waals surface area contributed by atoms with Crippen LogP contribution in [0.5, 0.6) is 0 Å². The van der Waals surface area contributed by atoms with Gasteiger partial charge in [-0.05, 0) is 30.0 Å². The molecule has 0 unspecified atom stereocenters. The molecule has 0 aliphatic rings. The maximum atomic E-state index is 3.76. The molecule has 14 heavy (non-hydrogen) atoms. The summed E-state index contributed by atoms with van der Waals surface area (Å²) in [5.41, 5.74) is 3.85. The van der Waals surface area contributed by atoms with Gasteiger partial charge in [0.25, 0.3) is 0 Å². The number of aryl methyl sites for hydroxylation is 1. The Morgan fingerprint density at radius 1 is 1.29 bits per heavy atom. The molecule has 0 nitrogen and oxygen atoms in total. The highest BCUT2D eigenvalue weighted by atomic mass is 14.1. The fraction of sp³-hybridized carbons (Fsp3) is 0.143. The van der Waals surface area contributed by atoms with E-state index >= 15 is 0 Å². The first-order valence-corrected chi connectivity index (χ1v) is 4.78. The number of rotatable bonds is 4. The Bertz CT molecular complexity index is 356. The molecule has 0 saturated carbocycles. The normalized spacial score (nSPS) is 11.1. The van der Waals surface area contributed by atoms with Gasteiger partial charge in [-0.1, -0.05) is 49.1 Å². The first-order valence-electron chi connectivity index (χ1n) is 4.78. The maximum absolute atomic E-state index is 3.76. The summed E-state index contributed by atoms with van der Waals surface area (Å²) in [5.74, 6) is 0. The largest absolute Gasteiger partial charge is 0.103 e. The first-order chi connectivity index (χ1) is 6.79. The molecule has 0 heterocycles. The van der Waals surface area contributed by atoms with E-state index in [4.69, 9.17) is 0 Å². The van der Waals surface area contributed by atoms with E-state index in [-0.39, 0.29) is 0 Å². The Kier molecular flexibility index (Phi) is 3.93. The first kappa shape index (κ1) is 10.5. The van der Waals surface area contributed by atoms with Crippen molar-refractivity contribution in [3.63, 3.8) is 0 Å². The molecule has 0 atom stereocenters. The van der Waals surface area contributed by atoms with E-state index in [2.05, 4.69) is 44.3 Å². The Labute approximate surface area is 86.3 Å². The predicted octanol–water partition coefficient (Wildman–Crippen LogP) is 4.14. The summed E-state index contributed by atoms with van der Waals surface area (Å²) in [5, 5.41) is 0. The lowest BCUT2D eigenvalue weighted by Gasteiger charge is -2.07. The van der Waals surface area contributed by atoms with Crippen molar-refractivity contribution in [1.82, 2.24) is 0 Å². The molecule has 0 N–H and O–H groups in total. The van der Waals surface area contributed by atoms with Gasteiger partial charge in [0.05, 0.1) is 0 Å². The van der Waals surface area contributed by atoms with E-state index in [1.807, 2.05) is 18.2 Å². The van der Waals surface area contributed by atoms with Crippen LogP contribution in [0.25, 0.3) is 5.57 Å². The van der Waals surface area contributed by atoms with Gasteiger partial charge < -0.3 is 0 Å². The predicted molar refractivity (Wildman–Crippen MR) is 64.2 cm³/mol. The van der Waals surface area contributed by atoms with Crippen LogP contribution in [0.1, 0.15) is 17.5 Å². The standard InChI is InChI=1S/C14H16/c1-4-8-13(9-5-2)14-11-7-6-10-12(14)3/h4-8,10-11H,1-2,9H2,3H3/b13-8-. The monoisotopic (exact) mass is 184 g/mol. The van der Waals surface area contributed by atoms with Crippen LogP contribution in [0.2, 0.25) is 0 Å². The molecular weight excluding hydrogens is 168 g/mol. The molecule has 0 aliphatic heterocycles. The Morgan fingerprint density at radius 3 is 2.57 bits per heavy atom. The van der Waals surface area contributed by atoms with E-state index in [9.17, 15) is 0 Å². The minimum absolute atomic E-state index is 0.886. The van der Waals surface area contributed by atoms with Crippen molar-refractivity contribution in [3.8, 4) is 0 Å². The average Bonchev–Trinajstić information content (AvgIpc) is 2.18. The third-order valence-corrected chi connectivity index (χ3v) is 2.17. The van der Waals surface area contributed by atoms with Gasteiger partial charge in [-0.3, -0.25) is 0 Å². The fourth-order valence-electron chi connectivity index (χ4n) is 1.50. The van der Waals surface area contributed by atoms with Crippen molar-refractivity contribution in [2.24, 2.45) is 0 Å². The van der Waals surface area contributed by atoms with Crippen LogP contribution in [-0.2, 0) is 0 Å². The quantitative estimate of drug-likeness (QED) is 0.487. The zero-order valence-electron chi connectivity index (χ0n) is 8.66. The van der Waals surface area contributed by atoms with Crippen molar-refractivity contribution < 1.29 is 0 Å². The van der Waals surface area contributed by atoms with Gasteiger partial charge >= 0.3 is 0 Å². The second-order valence-electron chi connectivity index (χ2n) is 3.24. The molecule has 0 radical (unpaired) electrons. The molecule has 0 aromatic heterocycles. The molecule has 0 heteroatoms. The second-order valence-corrected chi connectivity index (χ2v) is 3.24. The fourth-order valence-corrected chi connectivity index (χ4v) is 1.50. The van der Waals surface area contributed by atoms with Crippen LogP contribution in [0.15, 0.2) is 55.7 Å².